The largest absolute Gasteiger partial charge is 0.481 e. The lowest BCUT2D eigenvalue weighted by Crippen LogP contribution is -2.58. The van der Waals surface area contributed by atoms with Crippen molar-refractivity contribution < 1.29 is 24.2 Å². The quantitative estimate of drug-likeness (QED) is 0.754. The molecule has 2 fully saturated rings. The summed E-state index contributed by atoms with van der Waals surface area (Å²) >= 11 is 0. The lowest BCUT2D eigenvalue weighted by molar-refractivity contribution is -0.176. The van der Waals surface area contributed by atoms with Crippen molar-refractivity contribution in [2.75, 3.05) is 7.11 Å². The molecule has 144 valence electrons. The van der Waals surface area contributed by atoms with Crippen molar-refractivity contribution in [3.8, 4) is 0 Å². The van der Waals surface area contributed by atoms with Crippen LogP contribution in [0.2, 0.25) is 0 Å². The van der Waals surface area contributed by atoms with Crippen LogP contribution in [0.3, 0.4) is 0 Å². The van der Waals surface area contributed by atoms with Gasteiger partial charge in [0.1, 0.15) is 0 Å². The van der Waals surface area contributed by atoms with Crippen LogP contribution in [0.5, 0.6) is 0 Å². The number of carbonyl (C=O) groups is 2. The normalized spacial score (nSPS) is 47.7. The molecule has 1 heterocycles. The zero-order chi connectivity index (χ0) is 18.9. The van der Waals surface area contributed by atoms with Crippen LogP contribution in [0.1, 0.15) is 65.7 Å². The molecule has 0 amide bonds. The Morgan fingerprint density at radius 3 is 2.54 bits per heavy atom. The van der Waals surface area contributed by atoms with Crippen molar-refractivity contribution in [3.05, 3.63) is 11.1 Å². The molecule has 4 rings (SSSR count). The molecule has 26 heavy (non-hydrogen) atoms. The average Bonchev–Trinajstić information content (AvgIpc) is 2.91. The van der Waals surface area contributed by atoms with Crippen LogP contribution in [0.4, 0.5) is 0 Å². The average molecular weight is 362 g/mol. The Balaban J connectivity index is 1.78. The van der Waals surface area contributed by atoms with Gasteiger partial charge in [0.15, 0.2) is 0 Å². The second kappa shape index (κ2) is 5.57. The Kier molecular flexibility index (Phi) is 3.86. The summed E-state index contributed by atoms with van der Waals surface area (Å²) in [7, 11) is 1.58. The summed E-state index contributed by atoms with van der Waals surface area (Å²) in [5.41, 5.74) is 0.911. The zero-order valence-electron chi connectivity index (χ0n) is 16.3. The number of rotatable bonds is 2. The van der Waals surface area contributed by atoms with Gasteiger partial charge in [-0.05, 0) is 62.7 Å². The Morgan fingerprint density at radius 1 is 1.15 bits per heavy atom. The van der Waals surface area contributed by atoms with E-state index in [0.717, 1.165) is 56.1 Å². The van der Waals surface area contributed by atoms with Gasteiger partial charge in [0, 0.05) is 23.7 Å². The van der Waals surface area contributed by atoms with E-state index in [9.17, 15) is 14.7 Å². The van der Waals surface area contributed by atoms with Gasteiger partial charge in [-0.15, -0.1) is 0 Å². The molecule has 0 aromatic heterocycles. The van der Waals surface area contributed by atoms with Crippen molar-refractivity contribution in [2.45, 2.75) is 72.0 Å². The minimum absolute atomic E-state index is 0.0532. The predicted molar refractivity (Wildman–Crippen MR) is 95.2 cm³/mol. The molecule has 1 aliphatic heterocycles. The highest BCUT2D eigenvalue weighted by molar-refractivity contribution is 5.94. The minimum Gasteiger partial charge on any atom is -0.481 e. The SMILES string of the molecule is CO[C@H]1OC(=O)C2=C1CCC1[C@@]3(C)CCC[C@](C)(C(=O)O)C3CC[C@@]21C. The second-order valence-corrected chi connectivity index (χ2v) is 9.56. The first-order chi connectivity index (χ1) is 12.2. The van der Waals surface area contributed by atoms with Crippen molar-refractivity contribution in [1.82, 2.24) is 0 Å². The zero-order valence-corrected chi connectivity index (χ0v) is 16.3. The van der Waals surface area contributed by atoms with Gasteiger partial charge in [-0.25, -0.2) is 4.79 Å². The Morgan fingerprint density at radius 2 is 1.88 bits per heavy atom. The fourth-order valence-electron chi connectivity index (χ4n) is 7.34. The van der Waals surface area contributed by atoms with E-state index in [4.69, 9.17) is 9.47 Å². The van der Waals surface area contributed by atoms with Gasteiger partial charge in [-0.1, -0.05) is 20.3 Å². The molecule has 0 spiro atoms. The van der Waals surface area contributed by atoms with Crippen LogP contribution >= 0.6 is 0 Å². The highest BCUT2D eigenvalue weighted by atomic mass is 16.7. The van der Waals surface area contributed by atoms with E-state index in [1.807, 2.05) is 6.92 Å². The molecule has 0 radical (unpaired) electrons. The Hall–Kier alpha value is -1.36. The fourth-order valence-corrected chi connectivity index (χ4v) is 7.34. The predicted octanol–water partition coefficient (Wildman–Crippen LogP) is 3.92. The standard InChI is InChI=1S/C21H30O5/c1-19-9-5-10-21(3,18(23)24)14(19)8-11-20(2)13(19)7-6-12-15(20)16(22)26-17(12)25-4/h13-14,17H,5-11H2,1-4H3,(H,23,24)/t13?,14?,17-,19+,20+,21-/m0/s1. The van der Waals surface area contributed by atoms with E-state index in [-0.39, 0.29) is 22.7 Å². The van der Waals surface area contributed by atoms with Gasteiger partial charge in [0.2, 0.25) is 6.29 Å². The number of carboxylic acid groups (broad SMARTS) is 1. The summed E-state index contributed by atoms with van der Waals surface area (Å²) in [6.45, 7) is 6.44. The summed E-state index contributed by atoms with van der Waals surface area (Å²) in [5.74, 6) is -0.405. The second-order valence-electron chi connectivity index (χ2n) is 9.56. The van der Waals surface area contributed by atoms with Crippen molar-refractivity contribution in [3.63, 3.8) is 0 Å². The summed E-state index contributed by atoms with van der Waals surface area (Å²) in [6, 6.07) is 0. The molecule has 1 N–H and O–H groups in total. The lowest BCUT2D eigenvalue weighted by Gasteiger charge is -2.63. The van der Waals surface area contributed by atoms with Crippen LogP contribution in [0, 0.1) is 28.1 Å². The molecule has 5 heteroatoms. The highest BCUT2D eigenvalue weighted by Gasteiger charge is 2.64. The van der Waals surface area contributed by atoms with E-state index in [0.29, 0.717) is 5.92 Å². The fraction of sp³-hybridized carbons (Fsp3) is 0.810. The summed E-state index contributed by atoms with van der Waals surface area (Å²) in [5, 5.41) is 9.97. The van der Waals surface area contributed by atoms with Crippen LogP contribution in [0.25, 0.3) is 0 Å². The van der Waals surface area contributed by atoms with Crippen LogP contribution in [-0.2, 0) is 19.1 Å². The van der Waals surface area contributed by atoms with E-state index >= 15 is 0 Å². The van der Waals surface area contributed by atoms with Crippen molar-refractivity contribution in [2.24, 2.45) is 28.1 Å². The maximum absolute atomic E-state index is 12.7. The van der Waals surface area contributed by atoms with Gasteiger partial charge in [-0.3, -0.25) is 4.79 Å². The van der Waals surface area contributed by atoms with Crippen LogP contribution < -0.4 is 0 Å². The number of methoxy groups -OCH3 is 1. The maximum atomic E-state index is 12.7. The number of carboxylic acids is 1. The van der Waals surface area contributed by atoms with Crippen molar-refractivity contribution >= 4 is 11.9 Å². The van der Waals surface area contributed by atoms with E-state index < -0.39 is 17.7 Å². The highest BCUT2D eigenvalue weighted by Crippen LogP contribution is 2.69. The van der Waals surface area contributed by atoms with E-state index in [2.05, 4.69) is 13.8 Å². The molecule has 0 aromatic carbocycles. The molecule has 6 atom stereocenters. The topological polar surface area (TPSA) is 72.8 Å². The van der Waals surface area contributed by atoms with Gasteiger partial charge < -0.3 is 14.6 Å². The summed E-state index contributed by atoms with van der Waals surface area (Å²) in [4.78, 5) is 24.8. The molecule has 2 unspecified atom stereocenters. The summed E-state index contributed by atoms with van der Waals surface area (Å²) in [6.07, 6.45) is 5.72. The number of esters is 1. The van der Waals surface area contributed by atoms with Gasteiger partial charge in [0.25, 0.3) is 0 Å². The smallest absolute Gasteiger partial charge is 0.337 e. The first-order valence-electron chi connectivity index (χ1n) is 9.89. The molecule has 0 saturated heterocycles. The Bertz CT molecular complexity index is 697. The van der Waals surface area contributed by atoms with Crippen LogP contribution in [-0.4, -0.2) is 30.4 Å². The first kappa shape index (κ1) is 18.0. The molecule has 3 aliphatic carbocycles. The number of cyclic esters (lactones) is 1. The molecule has 4 aliphatic rings. The molecule has 2 saturated carbocycles. The van der Waals surface area contributed by atoms with E-state index in [1.54, 1.807) is 7.11 Å². The lowest BCUT2D eigenvalue weighted by atomic mass is 9.40. The third kappa shape index (κ3) is 2.07. The minimum atomic E-state index is -0.660. The molecule has 0 bridgehead atoms. The monoisotopic (exact) mass is 362 g/mol. The number of hydrogen-bond acceptors (Lipinski definition) is 4. The third-order valence-corrected chi connectivity index (χ3v) is 8.49. The van der Waals surface area contributed by atoms with Crippen LogP contribution in [0.15, 0.2) is 11.1 Å². The number of aliphatic carboxylic acids is 1. The molecular formula is C21H30O5. The molecule has 5 nitrogen and oxygen atoms in total. The molecular weight excluding hydrogens is 332 g/mol. The maximum Gasteiger partial charge on any atom is 0.337 e. The molecule has 0 aromatic rings. The number of carbonyl (C=O) groups excluding carboxylic acids is 1. The van der Waals surface area contributed by atoms with Gasteiger partial charge >= 0.3 is 11.9 Å². The summed E-state index contributed by atoms with van der Waals surface area (Å²) < 4.78 is 10.9. The number of fused-ring (bicyclic) bond motifs is 4. The Labute approximate surface area is 155 Å². The third-order valence-electron chi connectivity index (χ3n) is 8.49. The first-order valence-corrected chi connectivity index (χ1v) is 9.89. The van der Waals surface area contributed by atoms with Gasteiger partial charge in [0.05, 0.1) is 5.41 Å². The van der Waals surface area contributed by atoms with Gasteiger partial charge in [-0.2, -0.15) is 0 Å². The van der Waals surface area contributed by atoms with Crippen molar-refractivity contribution in [1.29, 1.82) is 0 Å². The number of ether oxygens (including phenoxy) is 2. The number of hydrogen-bond donors (Lipinski definition) is 1. The van der Waals surface area contributed by atoms with E-state index in [1.165, 1.54) is 0 Å².